The third-order valence-corrected chi connectivity index (χ3v) is 8.50. The topological polar surface area (TPSA) is 177 Å². The number of nitrogens with two attached hydrogens (primary N) is 1. The Kier molecular flexibility index (Phi) is 6.83. The van der Waals surface area contributed by atoms with Gasteiger partial charge in [0, 0.05) is 37.8 Å². The number of ketones is 2. The molecule has 0 saturated heterocycles. The van der Waals surface area contributed by atoms with Crippen LogP contribution in [-0.4, -0.2) is 82.6 Å². The summed E-state index contributed by atoms with van der Waals surface area (Å²) in [5.74, 6) is -6.74. The van der Waals surface area contributed by atoms with E-state index >= 15 is 0 Å². The highest BCUT2D eigenvalue weighted by Crippen LogP contribution is 2.54. The zero-order chi connectivity index (χ0) is 30.0. The molecule has 216 valence electrons. The number of aliphatic hydroxyl groups is 3. The summed E-state index contributed by atoms with van der Waals surface area (Å²) in [6.07, 6.45) is 0.252. The number of phenolic OH excluding ortho intramolecular Hbond substituents is 1. The smallest absolute Gasteiger partial charge is 0.255 e. The van der Waals surface area contributed by atoms with Crippen molar-refractivity contribution in [2.24, 2.45) is 17.6 Å². The highest BCUT2D eigenvalue weighted by molar-refractivity contribution is 6.24. The molecule has 4 atom stereocenters. The van der Waals surface area contributed by atoms with Crippen LogP contribution in [0.1, 0.15) is 23.1 Å². The van der Waals surface area contributed by atoms with Gasteiger partial charge in [0.05, 0.1) is 17.3 Å². The molecule has 1 fully saturated rings. The monoisotopic (exact) mass is 562 g/mol. The van der Waals surface area contributed by atoms with Crippen molar-refractivity contribution >= 4 is 34.6 Å². The second-order valence-electron chi connectivity index (χ2n) is 11.3. The van der Waals surface area contributed by atoms with Gasteiger partial charge in [-0.05, 0) is 50.0 Å². The van der Waals surface area contributed by atoms with Crippen LogP contribution in [0.5, 0.6) is 5.75 Å². The van der Waals surface area contributed by atoms with Gasteiger partial charge in [-0.2, -0.15) is 0 Å². The van der Waals surface area contributed by atoms with E-state index in [1.165, 1.54) is 4.90 Å². The molecule has 1 unspecified atom stereocenters. The molecule has 1 saturated carbocycles. The number of rotatable bonds is 6. The SMILES string of the molecule is CN(C)c1cc(NCc2ccccc2)c(O)c2c1C[C@@H]1C[C@@H]3C(N(C)C)C(=O)C(C(N)=O)=C(O)[C@]3(O)C(=O)C1=C2O. The van der Waals surface area contributed by atoms with Gasteiger partial charge in [-0.25, -0.2) is 0 Å². The molecular weight excluding hydrogens is 528 g/mol. The predicted molar refractivity (Wildman–Crippen MR) is 152 cm³/mol. The Balaban J connectivity index is 1.68. The van der Waals surface area contributed by atoms with Crippen LogP contribution in [0.2, 0.25) is 0 Å². The number of carbonyl (C=O) groups excluding carboxylic acids is 3. The molecule has 5 rings (SSSR count). The zero-order valence-corrected chi connectivity index (χ0v) is 23.3. The lowest BCUT2D eigenvalue weighted by atomic mass is 9.57. The Morgan fingerprint density at radius 3 is 2.34 bits per heavy atom. The minimum Gasteiger partial charge on any atom is -0.508 e. The molecule has 2 aromatic rings. The molecule has 0 bridgehead atoms. The normalized spacial score (nSPS) is 25.6. The highest BCUT2D eigenvalue weighted by Gasteiger charge is 2.64. The number of nitrogens with zero attached hydrogens (tertiary/aromatic N) is 2. The van der Waals surface area contributed by atoms with Crippen molar-refractivity contribution in [2.45, 2.75) is 31.0 Å². The molecule has 0 aromatic heterocycles. The number of carbonyl (C=O) groups is 3. The second kappa shape index (κ2) is 9.93. The molecule has 0 spiro atoms. The molecule has 3 aliphatic carbocycles. The van der Waals surface area contributed by atoms with E-state index in [2.05, 4.69) is 5.32 Å². The molecule has 1 amide bonds. The summed E-state index contributed by atoms with van der Waals surface area (Å²) >= 11 is 0. The number of Topliss-reactive ketones (excluding diaryl/α,β-unsaturated/α-hetero) is 2. The molecule has 0 aliphatic heterocycles. The van der Waals surface area contributed by atoms with Crippen molar-refractivity contribution < 1.29 is 34.8 Å². The number of amides is 1. The first-order valence-corrected chi connectivity index (χ1v) is 13.3. The summed E-state index contributed by atoms with van der Waals surface area (Å²) in [6, 6.07) is 10.2. The van der Waals surface area contributed by atoms with E-state index in [0.29, 0.717) is 23.5 Å². The molecule has 0 heterocycles. The summed E-state index contributed by atoms with van der Waals surface area (Å²) in [5.41, 5.74) is 4.33. The van der Waals surface area contributed by atoms with E-state index < -0.39 is 58.0 Å². The third kappa shape index (κ3) is 4.15. The number of likely N-dealkylation sites (N-methyl/N-ethyl adjacent to an activating group) is 1. The molecule has 7 N–H and O–H groups in total. The van der Waals surface area contributed by atoms with Gasteiger partial charge in [0.1, 0.15) is 22.8 Å². The lowest BCUT2D eigenvalue weighted by Gasteiger charge is -2.50. The van der Waals surface area contributed by atoms with Crippen molar-refractivity contribution in [1.82, 2.24) is 4.90 Å². The molecule has 2 aromatic carbocycles. The maximum Gasteiger partial charge on any atom is 0.255 e. The second-order valence-corrected chi connectivity index (χ2v) is 11.3. The van der Waals surface area contributed by atoms with Crippen LogP contribution in [0.4, 0.5) is 11.4 Å². The molecular formula is C30H34N4O7. The van der Waals surface area contributed by atoms with E-state index in [9.17, 15) is 34.8 Å². The van der Waals surface area contributed by atoms with Crippen molar-refractivity contribution in [2.75, 3.05) is 38.4 Å². The molecule has 11 nitrogen and oxygen atoms in total. The number of anilines is 2. The first-order chi connectivity index (χ1) is 19.3. The summed E-state index contributed by atoms with van der Waals surface area (Å²) < 4.78 is 0. The fourth-order valence-electron chi connectivity index (χ4n) is 6.62. The van der Waals surface area contributed by atoms with Crippen molar-refractivity contribution in [3.8, 4) is 5.75 Å². The van der Waals surface area contributed by atoms with Crippen LogP contribution in [0.25, 0.3) is 5.76 Å². The van der Waals surface area contributed by atoms with E-state index in [-0.39, 0.29) is 29.7 Å². The molecule has 0 radical (unpaired) electrons. The quantitative estimate of drug-likeness (QED) is 0.224. The Morgan fingerprint density at radius 1 is 1.10 bits per heavy atom. The fraction of sp³-hybridized carbons (Fsp3) is 0.367. The Labute approximate surface area is 237 Å². The Hall–Kier alpha value is -4.35. The van der Waals surface area contributed by atoms with E-state index in [0.717, 1.165) is 5.56 Å². The molecule has 41 heavy (non-hydrogen) atoms. The Morgan fingerprint density at radius 2 is 1.76 bits per heavy atom. The van der Waals surface area contributed by atoms with Crippen molar-refractivity contribution in [3.63, 3.8) is 0 Å². The number of primary amides is 1. The van der Waals surface area contributed by atoms with Crippen LogP contribution >= 0.6 is 0 Å². The van der Waals surface area contributed by atoms with E-state index in [1.54, 1.807) is 20.2 Å². The lowest BCUT2D eigenvalue weighted by molar-refractivity contribution is -0.153. The van der Waals surface area contributed by atoms with Crippen LogP contribution in [0, 0.1) is 11.8 Å². The van der Waals surface area contributed by atoms with Crippen LogP contribution in [0.15, 0.2) is 53.3 Å². The molecule has 11 heteroatoms. The number of aliphatic hydroxyl groups excluding tert-OH is 2. The maximum absolute atomic E-state index is 14.1. The number of aromatic hydroxyl groups is 1. The van der Waals surface area contributed by atoms with Crippen LogP contribution in [-0.2, 0) is 27.3 Å². The van der Waals surface area contributed by atoms with Crippen molar-refractivity contribution in [1.29, 1.82) is 0 Å². The molecule has 3 aliphatic rings. The lowest BCUT2D eigenvalue weighted by Crippen LogP contribution is -2.65. The maximum atomic E-state index is 14.1. The summed E-state index contributed by atoms with van der Waals surface area (Å²) in [6.45, 7) is 0.384. The minimum absolute atomic E-state index is 0.0351. The summed E-state index contributed by atoms with van der Waals surface area (Å²) in [4.78, 5) is 42.8. The van der Waals surface area contributed by atoms with Gasteiger partial charge in [0.2, 0.25) is 5.78 Å². The third-order valence-electron chi connectivity index (χ3n) is 8.50. The number of fused-ring (bicyclic) bond motifs is 3. The van der Waals surface area contributed by atoms with Gasteiger partial charge >= 0.3 is 0 Å². The minimum atomic E-state index is -2.67. The number of hydrogen-bond donors (Lipinski definition) is 6. The average molecular weight is 563 g/mol. The van der Waals surface area contributed by atoms with Gasteiger partial charge in [0.25, 0.3) is 5.91 Å². The Bertz CT molecular complexity index is 1530. The number of benzene rings is 2. The number of phenols is 1. The van der Waals surface area contributed by atoms with E-state index in [1.807, 2.05) is 49.3 Å². The standard InChI is InChI=1S/C30H34N4O7/c1-33(2)19-12-18(32-13-14-8-6-5-7-9-14)24(35)21-16(19)10-15-11-17-23(34(3)4)26(37)22(29(31)40)28(39)30(17,41)27(38)20(15)25(21)36/h5-9,12,15,17,23,32,35-36,39,41H,10-11,13H2,1-4H3,(H2,31,40)/t15-,17-,23?,30-/m1/s1. The first-order valence-electron chi connectivity index (χ1n) is 13.3. The van der Waals surface area contributed by atoms with Crippen LogP contribution < -0.4 is 16.0 Å². The zero-order valence-electron chi connectivity index (χ0n) is 23.3. The average Bonchev–Trinajstić information content (AvgIpc) is 2.90. The predicted octanol–water partition coefficient (Wildman–Crippen LogP) is 1.64. The van der Waals surface area contributed by atoms with Gasteiger partial charge < -0.3 is 36.4 Å². The van der Waals surface area contributed by atoms with Crippen molar-refractivity contribution in [3.05, 3.63) is 70.0 Å². The largest absolute Gasteiger partial charge is 0.508 e. The van der Waals surface area contributed by atoms with Gasteiger partial charge in [-0.1, -0.05) is 30.3 Å². The highest BCUT2D eigenvalue weighted by atomic mass is 16.3. The van der Waals surface area contributed by atoms with Gasteiger partial charge in [0.15, 0.2) is 11.4 Å². The number of hydrogen-bond acceptors (Lipinski definition) is 10. The fourth-order valence-corrected chi connectivity index (χ4v) is 6.62. The van der Waals surface area contributed by atoms with Crippen LogP contribution in [0.3, 0.4) is 0 Å². The van der Waals surface area contributed by atoms with Gasteiger partial charge in [-0.3, -0.25) is 19.3 Å². The van der Waals surface area contributed by atoms with E-state index in [4.69, 9.17) is 5.73 Å². The summed E-state index contributed by atoms with van der Waals surface area (Å²) in [5, 5.41) is 48.9. The summed E-state index contributed by atoms with van der Waals surface area (Å²) in [7, 11) is 6.79. The van der Waals surface area contributed by atoms with Gasteiger partial charge in [-0.15, -0.1) is 0 Å². The first kappa shape index (κ1) is 28.2. The number of nitrogens with one attached hydrogen (secondary N) is 1.